The van der Waals surface area contributed by atoms with E-state index in [1.165, 1.54) is 19.3 Å². The largest absolute Gasteiger partial charge is 0.330 e. The van der Waals surface area contributed by atoms with Crippen molar-refractivity contribution >= 4 is 0 Å². The number of nitrogens with one attached hydrogen (secondary N) is 1. The van der Waals surface area contributed by atoms with E-state index in [-0.39, 0.29) is 0 Å². The molecule has 0 aliphatic heterocycles. The smallest absolute Gasteiger partial charge is 0.00698 e. The molecule has 0 amide bonds. The van der Waals surface area contributed by atoms with Gasteiger partial charge in [0.15, 0.2) is 0 Å². The molecule has 3 atom stereocenters. The van der Waals surface area contributed by atoms with Crippen LogP contribution in [0.25, 0.3) is 0 Å². The lowest BCUT2D eigenvalue weighted by atomic mass is 10.1. The summed E-state index contributed by atoms with van der Waals surface area (Å²) in [6.07, 6.45) is 4.12. The number of hydrogen-bond acceptors (Lipinski definition) is 2. The second-order valence-electron chi connectivity index (χ2n) is 4.36. The Morgan fingerprint density at radius 2 is 2.25 bits per heavy atom. The van der Waals surface area contributed by atoms with Crippen molar-refractivity contribution < 1.29 is 0 Å². The van der Waals surface area contributed by atoms with E-state index in [1.54, 1.807) is 0 Å². The highest BCUT2D eigenvalue weighted by molar-refractivity contribution is 4.78. The molecule has 3 N–H and O–H groups in total. The van der Waals surface area contributed by atoms with Crippen molar-refractivity contribution in [2.45, 2.75) is 39.2 Å². The van der Waals surface area contributed by atoms with Gasteiger partial charge in [0.2, 0.25) is 0 Å². The number of rotatable bonds is 4. The van der Waals surface area contributed by atoms with Crippen LogP contribution in [0.1, 0.15) is 33.1 Å². The van der Waals surface area contributed by atoms with Gasteiger partial charge in [0, 0.05) is 6.04 Å². The highest BCUT2D eigenvalue weighted by atomic mass is 14.9. The molecule has 72 valence electrons. The fourth-order valence-electron chi connectivity index (χ4n) is 1.84. The van der Waals surface area contributed by atoms with Gasteiger partial charge in [-0.3, -0.25) is 0 Å². The third kappa shape index (κ3) is 3.11. The third-order valence-corrected chi connectivity index (χ3v) is 2.85. The zero-order chi connectivity index (χ0) is 8.97. The molecule has 0 spiro atoms. The molecule has 3 unspecified atom stereocenters. The van der Waals surface area contributed by atoms with Crippen LogP contribution in [-0.4, -0.2) is 19.1 Å². The van der Waals surface area contributed by atoms with Gasteiger partial charge in [-0.15, -0.1) is 0 Å². The van der Waals surface area contributed by atoms with Crippen LogP contribution in [-0.2, 0) is 0 Å². The molecule has 0 aromatic carbocycles. The first-order valence-corrected chi connectivity index (χ1v) is 5.15. The second-order valence-corrected chi connectivity index (χ2v) is 4.36. The lowest BCUT2D eigenvalue weighted by Gasteiger charge is -2.15. The van der Waals surface area contributed by atoms with Crippen LogP contribution in [0.15, 0.2) is 0 Å². The summed E-state index contributed by atoms with van der Waals surface area (Å²) in [6, 6.07) is 0.772. The molecule has 1 aliphatic carbocycles. The summed E-state index contributed by atoms with van der Waals surface area (Å²) in [6.45, 7) is 6.43. The summed E-state index contributed by atoms with van der Waals surface area (Å²) in [5.41, 5.74) is 5.54. The van der Waals surface area contributed by atoms with Gasteiger partial charge in [0.05, 0.1) is 0 Å². The molecule has 1 fully saturated rings. The van der Waals surface area contributed by atoms with Crippen molar-refractivity contribution in [1.29, 1.82) is 0 Å². The minimum absolute atomic E-state index is 0.626. The predicted molar refractivity (Wildman–Crippen MR) is 53.0 cm³/mol. The molecule has 1 rings (SSSR count). The Labute approximate surface area is 75.9 Å². The molecule has 1 aliphatic rings. The van der Waals surface area contributed by atoms with Gasteiger partial charge >= 0.3 is 0 Å². The van der Waals surface area contributed by atoms with E-state index in [0.29, 0.717) is 5.92 Å². The van der Waals surface area contributed by atoms with Crippen LogP contribution in [0.3, 0.4) is 0 Å². The molecule has 1 saturated carbocycles. The van der Waals surface area contributed by atoms with Gasteiger partial charge < -0.3 is 11.1 Å². The minimum Gasteiger partial charge on any atom is -0.330 e. The van der Waals surface area contributed by atoms with Gasteiger partial charge in [-0.05, 0) is 44.2 Å². The van der Waals surface area contributed by atoms with Crippen molar-refractivity contribution in [3.05, 3.63) is 0 Å². The molecule has 0 aromatic heterocycles. The average molecular weight is 170 g/mol. The Morgan fingerprint density at radius 3 is 2.75 bits per heavy atom. The van der Waals surface area contributed by atoms with E-state index >= 15 is 0 Å². The highest BCUT2D eigenvalue weighted by Gasteiger charge is 2.20. The van der Waals surface area contributed by atoms with Crippen LogP contribution in [0, 0.1) is 11.8 Å². The first-order chi connectivity index (χ1) is 5.72. The lowest BCUT2D eigenvalue weighted by Crippen LogP contribution is -2.33. The summed E-state index contributed by atoms with van der Waals surface area (Å²) in [5.74, 6) is 1.55. The van der Waals surface area contributed by atoms with Crippen molar-refractivity contribution in [2.24, 2.45) is 17.6 Å². The minimum atomic E-state index is 0.626. The molecule has 0 radical (unpaired) electrons. The Bertz CT molecular complexity index is 125. The first kappa shape index (κ1) is 10.0. The average Bonchev–Trinajstić information content (AvgIpc) is 2.47. The van der Waals surface area contributed by atoms with Crippen LogP contribution >= 0.6 is 0 Å². The quantitative estimate of drug-likeness (QED) is 0.668. The third-order valence-electron chi connectivity index (χ3n) is 2.85. The Morgan fingerprint density at radius 1 is 1.50 bits per heavy atom. The van der Waals surface area contributed by atoms with E-state index in [9.17, 15) is 0 Å². The van der Waals surface area contributed by atoms with E-state index < -0.39 is 0 Å². The molecule has 0 saturated heterocycles. The fraction of sp³-hybridized carbons (Fsp3) is 1.00. The SMILES string of the molecule is CC(CN)CNC1CCC(C)C1. The van der Waals surface area contributed by atoms with Crippen molar-refractivity contribution in [1.82, 2.24) is 5.32 Å². The van der Waals surface area contributed by atoms with E-state index in [1.807, 2.05) is 0 Å². The van der Waals surface area contributed by atoms with Crippen molar-refractivity contribution in [2.75, 3.05) is 13.1 Å². The van der Waals surface area contributed by atoms with Crippen LogP contribution in [0.2, 0.25) is 0 Å². The standard InChI is InChI=1S/C10H22N2/c1-8-3-4-10(5-8)12-7-9(2)6-11/h8-10,12H,3-7,11H2,1-2H3. The second kappa shape index (κ2) is 4.83. The maximum Gasteiger partial charge on any atom is 0.00698 e. The summed E-state index contributed by atoms with van der Waals surface area (Å²) in [4.78, 5) is 0. The van der Waals surface area contributed by atoms with E-state index in [2.05, 4.69) is 19.2 Å². The zero-order valence-corrected chi connectivity index (χ0v) is 8.34. The molecule has 12 heavy (non-hydrogen) atoms. The Hall–Kier alpha value is -0.0800. The molecular formula is C10H22N2. The number of nitrogens with two attached hydrogens (primary N) is 1. The topological polar surface area (TPSA) is 38.0 Å². The van der Waals surface area contributed by atoms with Crippen LogP contribution in [0.5, 0.6) is 0 Å². The molecule has 0 bridgehead atoms. The van der Waals surface area contributed by atoms with E-state index in [4.69, 9.17) is 5.73 Å². The van der Waals surface area contributed by atoms with Gasteiger partial charge in [-0.2, -0.15) is 0 Å². The predicted octanol–water partition coefficient (Wildman–Crippen LogP) is 1.36. The van der Waals surface area contributed by atoms with Gasteiger partial charge in [-0.1, -0.05) is 13.8 Å². The molecular weight excluding hydrogens is 148 g/mol. The summed E-state index contributed by atoms with van der Waals surface area (Å²) < 4.78 is 0. The normalized spacial score (nSPS) is 32.2. The molecule has 0 aromatic rings. The van der Waals surface area contributed by atoms with Crippen LogP contribution in [0.4, 0.5) is 0 Å². The molecule has 0 heterocycles. The maximum absolute atomic E-state index is 5.54. The summed E-state index contributed by atoms with van der Waals surface area (Å²) >= 11 is 0. The summed E-state index contributed by atoms with van der Waals surface area (Å²) in [7, 11) is 0. The first-order valence-electron chi connectivity index (χ1n) is 5.15. The van der Waals surface area contributed by atoms with Crippen molar-refractivity contribution in [3.63, 3.8) is 0 Å². The molecule has 2 heteroatoms. The number of hydrogen-bond donors (Lipinski definition) is 2. The fourth-order valence-corrected chi connectivity index (χ4v) is 1.84. The van der Waals surface area contributed by atoms with Gasteiger partial charge in [0.25, 0.3) is 0 Å². The Balaban J connectivity index is 2.07. The zero-order valence-electron chi connectivity index (χ0n) is 8.34. The monoisotopic (exact) mass is 170 g/mol. The van der Waals surface area contributed by atoms with Gasteiger partial charge in [-0.25, -0.2) is 0 Å². The summed E-state index contributed by atoms with van der Waals surface area (Å²) in [5, 5.41) is 3.58. The van der Waals surface area contributed by atoms with Crippen molar-refractivity contribution in [3.8, 4) is 0 Å². The van der Waals surface area contributed by atoms with Gasteiger partial charge in [0.1, 0.15) is 0 Å². The maximum atomic E-state index is 5.54. The molecule has 2 nitrogen and oxygen atoms in total. The highest BCUT2D eigenvalue weighted by Crippen LogP contribution is 2.24. The van der Waals surface area contributed by atoms with E-state index in [0.717, 1.165) is 25.0 Å². The Kier molecular flexibility index (Phi) is 4.02. The lowest BCUT2D eigenvalue weighted by molar-refractivity contribution is 0.445. The van der Waals surface area contributed by atoms with Crippen LogP contribution < -0.4 is 11.1 Å².